The van der Waals surface area contributed by atoms with Crippen molar-refractivity contribution in [2.24, 2.45) is 5.73 Å². The summed E-state index contributed by atoms with van der Waals surface area (Å²) < 4.78 is 18.1. The maximum atomic E-state index is 13.2. The largest absolute Gasteiger partial charge is 0.383 e. The van der Waals surface area contributed by atoms with Gasteiger partial charge >= 0.3 is 0 Å². The Morgan fingerprint density at radius 2 is 1.88 bits per heavy atom. The molecule has 0 spiro atoms. The monoisotopic (exact) mass is 420 g/mol. The molecule has 0 bridgehead atoms. The first kappa shape index (κ1) is 22.7. The molecule has 0 saturated heterocycles. The number of methoxy groups -OCH3 is 1. The first-order valence-corrected chi connectivity index (χ1v) is 8.40. The Morgan fingerprint density at radius 1 is 1.23 bits per heavy atom. The van der Waals surface area contributed by atoms with Crippen molar-refractivity contribution in [3.05, 3.63) is 69.5 Å². The number of nitrogens with two attached hydrogens (primary N) is 1. The third-order valence-corrected chi connectivity index (χ3v) is 4.30. The second-order valence-corrected chi connectivity index (χ2v) is 6.46. The Balaban J connectivity index is 0.00000338. The summed E-state index contributed by atoms with van der Waals surface area (Å²) in [7, 11) is 1.47. The molecule has 2 aromatic rings. The molecule has 0 heterocycles. The van der Waals surface area contributed by atoms with Crippen molar-refractivity contribution in [2.45, 2.75) is 18.5 Å². The van der Waals surface area contributed by atoms with Crippen LogP contribution in [0.2, 0.25) is 10.0 Å². The van der Waals surface area contributed by atoms with Gasteiger partial charge in [-0.05, 0) is 41.8 Å². The summed E-state index contributed by atoms with van der Waals surface area (Å²) in [5.74, 6) is -0.712. The van der Waals surface area contributed by atoms with Crippen LogP contribution >= 0.6 is 35.6 Å². The van der Waals surface area contributed by atoms with Gasteiger partial charge in [0.25, 0.3) is 0 Å². The van der Waals surface area contributed by atoms with Crippen molar-refractivity contribution in [3.8, 4) is 0 Å². The van der Waals surface area contributed by atoms with E-state index in [4.69, 9.17) is 33.7 Å². The van der Waals surface area contributed by atoms with Gasteiger partial charge in [0.1, 0.15) is 11.9 Å². The highest BCUT2D eigenvalue weighted by Gasteiger charge is 2.21. The van der Waals surface area contributed by atoms with Crippen molar-refractivity contribution < 1.29 is 13.9 Å². The van der Waals surface area contributed by atoms with Gasteiger partial charge in [0.05, 0.1) is 12.6 Å². The summed E-state index contributed by atoms with van der Waals surface area (Å²) in [4.78, 5) is 12.3. The molecule has 0 aliphatic heterocycles. The molecule has 0 aliphatic carbocycles. The predicted octanol–water partition coefficient (Wildman–Crippen LogP) is 3.93. The molecule has 26 heavy (non-hydrogen) atoms. The lowest BCUT2D eigenvalue weighted by Gasteiger charge is -2.22. The molecule has 2 rings (SSSR count). The second-order valence-electron chi connectivity index (χ2n) is 5.61. The zero-order valence-electron chi connectivity index (χ0n) is 14.0. The molecule has 4 nitrogen and oxygen atoms in total. The normalized spacial score (nSPS) is 12.8. The van der Waals surface area contributed by atoms with Crippen LogP contribution in [0.25, 0.3) is 0 Å². The van der Waals surface area contributed by atoms with Gasteiger partial charge in [-0.25, -0.2) is 4.39 Å². The van der Waals surface area contributed by atoms with Crippen molar-refractivity contribution in [1.82, 2.24) is 5.32 Å². The maximum absolute atomic E-state index is 13.2. The molecule has 2 unspecified atom stereocenters. The zero-order chi connectivity index (χ0) is 18.4. The minimum absolute atomic E-state index is 0. The molecule has 0 aromatic heterocycles. The van der Waals surface area contributed by atoms with E-state index in [0.29, 0.717) is 16.5 Å². The highest BCUT2D eigenvalue weighted by atomic mass is 35.5. The number of halogens is 4. The van der Waals surface area contributed by atoms with Crippen LogP contribution in [0.5, 0.6) is 0 Å². The number of amides is 1. The Bertz CT molecular complexity index is 729. The van der Waals surface area contributed by atoms with E-state index in [2.05, 4.69) is 5.32 Å². The second kappa shape index (κ2) is 10.7. The molecule has 142 valence electrons. The molecule has 2 atom stereocenters. The molecule has 8 heteroatoms. The van der Waals surface area contributed by atoms with E-state index in [1.807, 2.05) is 0 Å². The van der Waals surface area contributed by atoms with Gasteiger partial charge < -0.3 is 15.8 Å². The third kappa shape index (κ3) is 6.41. The van der Waals surface area contributed by atoms with Gasteiger partial charge in [0, 0.05) is 17.2 Å². The van der Waals surface area contributed by atoms with Gasteiger partial charge in [-0.2, -0.15) is 0 Å². The number of benzene rings is 2. The number of carbonyl (C=O) groups is 1. The minimum atomic E-state index is -0.798. The molecule has 0 aliphatic rings. The minimum Gasteiger partial charge on any atom is -0.383 e. The van der Waals surface area contributed by atoms with E-state index >= 15 is 0 Å². The van der Waals surface area contributed by atoms with Crippen molar-refractivity contribution in [1.29, 1.82) is 0 Å². The van der Waals surface area contributed by atoms with Gasteiger partial charge in [0.15, 0.2) is 0 Å². The summed E-state index contributed by atoms with van der Waals surface area (Å²) in [6.45, 7) is 0.101. The lowest BCUT2D eigenvalue weighted by Crippen LogP contribution is -2.45. The quantitative estimate of drug-likeness (QED) is 0.712. The Hall–Kier alpha value is -1.37. The predicted molar refractivity (Wildman–Crippen MR) is 105 cm³/mol. The van der Waals surface area contributed by atoms with Crippen LogP contribution in [0, 0.1) is 5.82 Å². The van der Waals surface area contributed by atoms with Gasteiger partial charge in [-0.15, -0.1) is 12.4 Å². The highest BCUT2D eigenvalue weighted by Crippen LogP contribution is 2.26. The first-order valence-electron chi connectivity index (χ1n) is 7.65. The molecular formula is C18H20Cl3FN2O2. The summed E-state index contributed by atoms with van der Waals surface area (Å²) in [5, 5.41) is 3.89. The molecular weight excluding hydrogens is 402 g/mol. The zero-order valence-corrected chi connectivity index (χ0v) is 16.4. The van der Waals surface area contributed by atoms with Crippen LogP contribution < -0.4 is 11.1 Å². The lowest BCUT2D eigenvalue weighted by atomic mass is 9.98. The standard InChI is InChI=1S/C18H19Cl2FN2O2.ClH/c1-25-10-16(22)18(24)23-17(11-3-6-14(21)7-4-11)8-12-2-5-13(19)9-15(12)20;/h2-7,9,16-17H,8,10,22H2,1H3,(H,23,24);1H. The summed E-state index contributed by atoms with van der Waals surface area (Å²) >= 11 is 12.2. The van der Waals surface area contributed by atoms with Crippen LogP contribution in [0.15, 0.2) is 42.5 Å². The summed E-state index contributed by atoms with van der Waals surface area (Å²) in [6.07, 6.45) is 0.410. The van der Waals surface area contributed by atoms with Gasteiger partial charge in [-0.3, -0.25) is 4.79 Å². The molecule has 2 aromatic carbocycles. The van der Waals surface area contributed by atoms with Crippen LogP contribution in [0.4, 0.5) is 4.39 Å². The van der Waals surface area contributed by atoms with E-state index in [1.165, 1.54) is 19.2 Å². The Kier molecular flexibility index (Phi) is 9.33. The third-order valence-electron chi connectivity index (χ3n) is 3.71. The number of rotatable bonds is 7. The van der Waals surface area contributed by atoms with Gasteiger partial charge in [0.2, 0.25) is 5.91 Å². The van der Waals surface area contributed by atoms with E-state index < -0.39 is 12.1 Å². The smallest absolute Gasteiger partial charge is 0.239 e. The first-order chi connectivity index (χ1) is 11.9. The fourth-order valence-corrected chi connectivity index (χ4v) is 2.87. The topological polar surface area (TPSA) is 64.3 Å². The average molecular weight is 422 g/mol. The lowest BCUT2D eigenvalue weighted by molar-refractivity contribution is -0.124. The fourth-order valence-electron chi connectivity index (χ4n) is 2.39. The molecule has 0 fully saturated rings. The average Bonchev–Trinajstić information content (AvgIpc) is 2.57. The molecule has 0 saturated carbocycles. The summed E-state index contributed by atoms with van der Waals surface area (Å²) in [5.41, 5.74) is 7.33. The maximum Gasteiger partial charge on any atom is 0.239 e. The number of hydrogen-bond donors (Lipinski definition) is 2. The van der Waals surface area contributed by atoms with Crippen LogP contribution in [0.3, 0.4) is 0 Å². The van der Waals surface area contributed by atoms with Crippen molar-refractivity contribution >= 4 is 41.5 Å². The SMILES string of the molecule is COCC(N)C(=O)NC(Cc1ccc(Cl)cc1Cl)c1ccc(F)cc1.Cl. The van der Waals surface area contributed by atoms with Crippen molar-refractivity contribution in [3.63, 3.8) is 0 Å². The number of carbonyl (C=O) groups excluding carboxylic acids is 1. The van der Waals surface area contributed by atoms with E-state index in [1.54, 1.807) is 30.3 Å². The molecule has 3 N–H and O–H groups in total. The van der Waals surface area contributed by atoms with Crippen LogP contribution in [-0.2, 0) is 16.0 Å². The highest BCUT2D eigenvalue weighted by molar-refractivity contribution is 6.35. The summed E-state index contributed by atoms with van der Waals surface area (Å²) in [6, 6.07) is 9.85. The molecule has 0 radical (unpaired) electrons. The number of nitrogens with one attached hydrogen (secondary N) is 1. The molecule has 1 amide bonds. The van der Waals surface area contributed by atoms with Crippen molar-refractivity contribution in [2.75, 3.05) is 13.7 Å². The van der Waals surface area contributed by atoms with Crippen LogP contribution in [-0.4, -0.2) is 25.7 Å². The van der Waals surface area contributed by atoms with E-state index in [0.717, 1.165) is 11.1 Å². The Labute approximate surface area is 168 Å². The fraction of sp³-hybridized carbons (Fsp3) is 0.278. The van der Waals surface area contributed by atoms with E-state index in [9.17, 15) is 9.18 Å². The van der Waals surface area contributed by atoms with E-state index in [-0.39, 0.29) is 30.7 Å². The number of ether oxygens (including phenoxy) is 1. The Morgan fingerprint density at radius 3 is 2.46 bits per heavy atom. The number of hydrogen-bond acceptors (Lipinski definition) is 3. The van der Waals surface area contributed by atoms with Crippen LogP contribution in [0.1, 0.15) is 17.2 Å². The van der Waals surface area contributed by atoms with Gasteiger partial charge in [-0.1, -0.05) is 41.4 Å².